The molecule has 0 unspecified atom stereocenters. The maximum atomic E-state index is 12.5. The highest BCUT2D eigenvalue weighted by Gasteiger charge is 2.37. The van der Waals surface area contributed by atoms with Crippen LogP contribution in [0.5, 0.6) is 0 Å². The van der Waals surface area contributed by atoms with Crippen LogP contribution in [-0.4, -0.2) is 28.9 Å². The van der Waals surface area contributed by atoms with Gasteiger partial charge in [0.25, 0.3) is 5.91 Å². The maximum absolute atomic E-state index is 12.5. The highest BCUT2D eigenvalue weighted by atomic mass is 35.5. The van der Waals surface area contributed by atoms with E-state index < -0.39 is 0 Å². The zero-order chi connectivity index (χ0) is 14.0. The first-order valence-corrected chi connectivity index (χ1v) is 7.09. The number of hydrogen-bond acceptors (Lipinski definition) is 3. The van der Waals surface area contributed by atoms with Gasteiger partial charge in [-0.2, -0.15) is 0 Å². The van der Waals surface area contributed by atoms with Crippen molar-refractivity contribution >= 4 is 23.2 Å². The third-order valence-electron chi connectivity index (χ3n) is 4.32. The summed E-state index contributed by atoms with van der Waals surface area (Å²) in [5.41, 5.74) is 6.81. The van der Waals surface area contributed by atoms with Crippen LogP contribution in [0.15, 0.2) is 12.3 Å². The van der Waals surface area contributed by atoms with E-state index in [9.17, 15) is 4.79 Å². The summed E-state index contributed by atoms with van der Waals surface area (Å²) in [5, 5.41) is 0.227. The lowest BCUT2D eigenvalue weighted by Gasteiger charge is -2.26. The number of nitrogens with zero attached hydrogens (tertiary/aromatic N) is 2. The topological polar surface area (TPSA) is 59.2 Å². The van der Waals surface area contributed by atoms with Gasteiger partial charge in [-0.25, -0.2) is 4.98 Å². The monoisotopic (exact) mass is 281 g/mol. The number of likely N-dealkylation sites (tertiary alicyclic amines) is 1. The summed E-state index contributed by atoms with van der Waals surface area (Å²) in [6.07, 6.45) is 4.71. The van der Waals surface area contributed by atoms with Gasteiger partial charge in [-0.3, -0.25) is 4.79 Å². The van der Waals surface area contributed by atoms with Crippen molar-refractivity contribution in [3.8, 4) is 0 Å². The van der Waals surface area contributed by atoms with Crippen LogP contribution in [0.25, 0.3) is 0 Å². The first-order valence-electron chi connectivity index (χ1n) is 6.71. The van der Waals surface area contributed by atoms with Gasteiger partial charge in [0.2, 0.25) is 0 Å². The number of carbonyl (C=O) groups excluding carboxylic acids is 1. The number of amides is 1. The smallest absolute Gasteiger partial charge is 0.257 e. The van der Waals surface area contributed by atoms with Crippen LogP contribution in [0.3, 0.4) is 0 Å². The van der Waals surface area contributed by atoms with Gasteiger partial charge in [0, 0.05) is 13.1 Å². The number of carbonyl (C=O) groups is 1. The van der Waals surface area contributed by atoms with Crippen LogP contribution >= 0.6 is 11.6 Å². The second kappa shape index (κ2) is 5.37. The standard InChI is InChI=1S/C14H20ClN3O/c1-3-14(4-2)5-6-18(9-14)13(19)11-7-10(16)8-17-12(11)15/h7-8H,3-6,9,16H2,1-2H3. The van der Waals surface area contributed by atoms with Crippen molar-refractivity contribution in [1.82, 2.24) is 9.88 Å². The van der Waals surface area contributed by atoms with Gasteiger partial charge >= 0.3 is 0 Å². The van der Waals surface area contributed by atoms with E-state index >= 15 is 0 Å². The molecular formula is C14H20ClN3O. The third-order valence-corrected chi connectivity index (χ3v) is 4.62. The Kier molecular flexibility index (Phi) is 3.99. The Morgan fingerprint density at radius 2 is 2.21 bits per heavy atom. The fourth-order valence-electron chi connectivity index (χ4n) is 2.72. The summed E-state index contributed by atoms with van der Waals surface area (Å²) in [6, 6.07) is 1.61. The van der Waals surface area contributed by atoms with E-state index in [1.165, 1.54) is 6.20 Å². The van der Waals surface area contributed by atoms with Crippen molar-refractivity contribution in [2.75, 3.05) is 18.8 Å². The van der Waals surface area contributed by atoms with Crippen LogP contribution < -0.4 is 5.73 Å². The number of nitrogens with two attached hydrogens (primary N) is 1. The Labute approximate surface area is 118 Å². The van der Waals surface area contributed by atoms with E-state index in [1.54, 1.807) is 6.07 Å². The number of hydrogen-bond donors (Lipinski definition) is 1. The Morgan fingerprint density at radius 1 is 1.53 bits per heavy atom. The first-order chi connectivity index (χ1) is 9.01. The number of pyridine rings is 1. The van der Waals surface area contributed by atoms with Crippen LogP contribution in [0.2, 0.25) is 5.15 Å². The minimum absolute atomic E-state index is 0.0615. The molecule has 0 aliphatic carbocycles. The van der Waals surface area contributed by atoms with Gasteiger partial charge in [-0.15, -0.1) is 0 Å². The fourth-order valence-corrected chi connectivity index (χ4v) is 2.90. The molecule has 1 aliphatic rings. The number of rotatable bonds is 3. The number of halogens is 1. The SMILES string of the molecule is CCC1(CC)CCN(C(=O)c2cc(N)cnc2Cl)C1. The Hall–Kier alpha value is -1.29. The van der Waals surface area contributed by atoms with Crippen molar-refractivity contribution in [2.24, 2.45) is 5.41 Å². The van der Waals surface area contributed by atoms with E-state index in [-0.39, 0.29) is 16.5 Å². The lowest BCUT2D eigenvalue weighted by Crippen LogP contribution is -2.32. The van der Waals surface area contributed by atoms with Crippen LogP contribution in [0.4, 0.5) is 5.69 Å². The van der Waals surface area contributed by atoms with Crippen molar-refractivity contribution in [1.29, 1.82) is 0 Å². The normalized spacial score (nSPS) is 17.7. The van der Waals surface area contributed by atoms with Crippen LogP contribution in [-0.2, 0) is 0 Å². The van der Waals surface area contributed by atoms with Crippen molar-refractivity contribution in [3.05, 3.63) is 23.0 Å². The van der Waals surface area contributed by atoms with E-state index in [4.69, 9.17) is 17.3 Å². The Morgan fingerprint density at radius 3 is 2.79 bits per heavy atom. The minimum Gasteiger partial charge on any atom is -0.397 e. The molecule has 1 aromatic rings. The first kappa shape index (κ1) is 14.1. The second-order valence-electron chi connectivity index (χ2n) is 5.29. The van der Waals surface area contributed by atoms with Gasteiger partial charge in [0.05, 0.1) is 17.4 Å². The largest absolute Gasteiger partial charge is 0.397 e. The molecular weight excluding hydrogens is 262 g/mol. The van der Waals surface area contributed by atoms with Crippen LogP contribution in [0, 0.1) is 5.41 Å². The molecule has 104 valence electrons. The summed E-state index contributed by atoms with van der Waals surface area (Å²) in [7, 11) is 0. The van der Waals surface area contributed by atoms with Crippen LogP contribution in [0.1, 0.15) is 43.5 Å². The molecule has 1 amide bonds. The summed E-state index contributed by atoms with van der Waals surface area (Å²) in [5.74, 6) is -0.0615. The highest BCUT2D eigenvalue weighted by Crippen LogP contribution is 2.37. The van der Waals surface area contributed by atoms with Gasteiger partial charge in [-0.1, -0.05) is 25.4 Å². The molecule has 0 bridgehead atoms. The van der Waals surface area contributed by atoms with Gasteiger partial charge < -0.3 is 10.6 Å². The molecule has 2 N–H and O–H groups in total. The Bertz CT molecular complexity index is 486. The molecule has 0 atom stereocenters. The molecule has 19 heavy (non-hydrogen) atoms. The van der Waals surface area contributed by atoms with Crippen molar-refractivity contribution in [3.63, 3.8) is 0 Å². The quantitative estimate of drug-likeness (QED) is 0.867. The maximum Gasteiger partial charge on any atom is 0.257 e. The van der Waals surface area contributed by atoms with Crippen molar-refractivity contribution < 1.29 is 4.79 Å². The lowest BCUT2D eigenvalue weighted by molar-refractivity contribution is 0.0769. The number of nitrogen functional groups attached to an aromatic ring is 1. The summed E-state index contributed by atoms with van der Waals surface area (Å²) >= 11 is 5.99. The molecule has 1 fully saturated rings. The van der Waals surface area contributed by atoms with E-state index in [0.29, 0.717) is 11.3 Å². The lowest BCUT2D eigenvalue weighted by atomic mass is 9.82. The summed E-state index contributed by atoms with van der Waals surface area (Å²) in [4.78, 5) is 18.3. The predicted molar refractivity (Wildman–Crippen MR) is 77.2 cm³/mol. The molecule has 1 aliphatic heterocycles. The molecule has 4 nitrogen and oxygen atoms in total. The van der Waals surface area contributed by atoms with E-state index in [2.05, 4.69) is 18.8 Å². The number of aromatic nitrogens is 1. The van der Waals surface area contributed by atoms with E-state index in [1.807, 2.05) is 4.90 Å². The van der Waals surface area contributed by atoms with Gasteiger partial charge in [0.15, 0.2) is 0 Å². The average Bonchev–Trinajstić information content (AvgIpc) is 2.86. The molecule has 1 aromatic heterocycles. The highest BCUT2D eigenvalue weighted by molar-refractivity contribution is 6.32. The zero-order valence-corrected chi connectivity index (χ0v) is 12.2. The third kappa shape index (κ3) is 2.68. The summed E-state index contributed by atoms with van der Waals surface area (Å²) < 4.78 is 0. The molecule has 0 aromatic carbocycles. The van der Waals surface area contributed by atoms with Crippen molar-refractivity contribution in [2.45, 2.75) is 33.1 Å². The fraction of sp³-hybridized carbons (Fsp3) is 0.571. The zero-order valence-electron chi connectivity index (χ0n) is 11.4. The molecule has 0 radical (unpaired) electrons. The Balaban J connectivity index is 2.20. The van der Waals surface area contributed by atoms with Gasteiger partial charge in [0.1, 0.15) is 5.15 Å². The molecule has 5 heteroatoms. The number of anilines is 1. The molecule has 1 saturated heterocycles. The predicted octanol–water partition coefficient (Wildman–Crippen LogP) is 2.97. The van der Waals surface area contributed by atoms with E-state index in [0.717, 1.165) is 32.4 Å². The molecule has 0 spiro atoms. The second-order valence-corrected chi connectivity index (χ2v) is 5.65. The average molecular weight is 282 g/mol. The molecule has 2 rings (SSSR count). The molecule has 0 saturated carbocycles. The minimum atomic E-state index is -0.0615. The van der Waals surface area contributed by atoms with Gasteiger partial charge in [-0.05, 0) is 30.7 Å². The summed E-state index contributed by atoms with van der Waals surface area (Å²) in [6.45, 7) is 5.95. The molecule has 2 heterocycles.